The highest BCUT2D eigenvalue weighted by Crippen LogP contribution is 2.31. The molecule has 3 nitrogen and oxygen atoms in total. The Morgan fingerprint density at radius 1 is 1.12 bits per heavy atom. The number of rotatable bonds is 7. The van der Waals surface area contributed by atoms with Gasteiger partial charge in [-0.2, -0.15) is 0 Å². The molecule has 0 aliphatic rings. The number of aromatic nitrogens is 1. The van der Waals surface area contributed by atoms with Crippen LogP contribution in [-0.4, -0.2) is 22.2 Å². The molecule has 1 heterocycles. The van der Waals surface area contributed by atoms with Crippen molar-refractivity contribution in [3.8, 4) is 0 Å². The van der Waals surface area contributed by atoms with E-state index in [1.807, 2.05) is 31.2 Å². The van der Waals surface area contributed by atoms with Crippen LogP contribution >= 0.6 is 23.1 Å². The normalized spacial score (nSPS) is 13.5. The van der Waals surface area contributed by atoms with Crippen molar-refractivity contribution >= 4 is 39.2 Å². The molecule has 25 heavy (non-hydrogen) atoms. The molecule has 1 aromatic heterocycles. The molecule has 0 aliphatic heterocycles. The number of thioether (sulfide) groups is 1. The molecular weight excluding hydrogens is 348 g/mol. The molecule has 1 amide bonds. The second-order valence-electron chi connectivity index (χ2n) is 6.14. The Balaban J connectivity index is 1.49. The lowest BCUT2D eigenvalue weighted by Gasteiger charge is -2.16. The standard InChI is InChI=1S/C20H22N2OS2/c1-14(12-13-16-8-4-3-5-9-16)21-19(23)15(2)24-20-22-17-10-6-7-11-18(17)25-20/h3-11,14-15H,12-13H2,1-2H3,(H,21,23)/t14-,15-/m1/s1. The van der Waals surface area contributed by atoms with Crippen LogP contribution in [0.1, 0.15) is 25.8 Å². The minimum atomic E-state index is -0.153. The summed E-state index contributed by atoms with van der Waals surface area (Å²) in [6.45, 7) is 4.01. The number of nitrogens with zero attached hydrogens (tertiary/aromatic N) is 1. The van der Waals surface area contributed by atoms with Crippen molar-refractivity contribution in [3.05, 3.63) is 60.2 Å². The lowest BCUT2D eigenvalue weighted by Crippen LogP contribution is -2.37. The molecule has 130 valence electrons. The molecule has 1 N–H and O–H groups in total. The Hall–Kier alpha value is -1.85. The van der Waals surface area contributed by atoms with E-state index < -0.39 is 0 Å². The third-order valence-electron chi connectivity index (χ3n) is 4.02. The van der Waals surface area contributed by atoms with E-state index in [0.717, 1.165) is 27.4 Å². The van der Waals surface area contributed by atoms with Crippen molar-refractivity contribution in [3.63, 3.8) is 0 Å². The van der Waals surface area contributed by atoms with Crippen molar-refractivity contribution < 1.29 is 4.79 Å². The minimum absolute atomic E-state index is 0.0739. The average molecular weight is 371 g/mol. The van der Waals surface area contributed by atoms with E-state index >= 15 is 0 Å². The summed E-state index contributed by atoms with van der Waals surface area (Å²) in [5.74, 6) is 0.0739. The van der Waals surface area contributed by atoms with Crippen molar-refractivity contribution in [2.45, 2.75) is 42.3 Å². The third-order valence-corrected chi connectivity index (χ3v) is 6.25. The summed E-state index contributed by atoms with van der Waals surface area (Å²) in [7, 11) is 0. The van der Waals surface area contributed by atoms with Crippen LogP contribution in [0.3, 0.4) is 0 Å². The first-order valence-electron chi connectivity index (χ1n) is 8.48. The molecule has 0 aliphatic carbocycles. The van der Waals surface area contributed by atoms with Crippen LogP contribution in [0.15, 0.2) is 58.9 Å². The Labute approximate surface area is 156 Å². The Kier molecular flexibility index (Phi) is 6.10. The highest BCUT2D eigenvalue weighted by molar-refractivity contribution is 8.02. The van der Waals surface area contributed by atoms with E-state index in [2.05, 4.69) is 47.6 Å². The van der Waals surface area contributed by atoms with E-state index in [1.54, 1.807) is 11.3 Å². The molecule has 5 heteroatoms. The molecule has 0 radical (unpaired) electrons. The first kappa shape index (κ1) is 18.0. The molecule has 0 spiro atoms. The van der Waals surface area contributed by atoms with Gasteiger partial charge in [0.25, 0.3) is 0 Å². The van der Waals surface area contributed by atoms with Gasteiger partial charge in [0.2, 0.25) is 5.91 Å². The number of amides is 1. The van der Waals surface area contributed by atoms with Crippen LogP contribution in [0.5, 0.6) is 0 Å². The monoisotopic (exact) mass is 370 g/mol. The zero-order valence-electron chi connectivity index (χ0n) is 14.4. The first-order valence-corrected chi connectivity index (χ1v) is 10.2. The fraction of sp³-hybridized carbons (Fsp3) is 0.300. The zero-order chi connectivity index (χ0) is 17.6. The summed E-state index contributed by atoms with van der Waals surface area (Å²) < 4.78 is 2.11. The van der Waals surface area contributed by atoms with E-state index in [-0.39, 0.29) is 17.2 Å². The van der Waals surface area contributed by atoms with Gasteiger partial charge in [0.15, 0.2) is 4.34 Å². The smallest absolute Gasteiger partial charge is 0.233 e. The van der Waals surface area contributed by atoms with Crippen molar-refractivity contribution in [1.29, 1.82) is 0 Å². The maximum Gasteiger partial charge on any atom is 0.233 e. The molecule has 3 aromatic rings. The lowest BCUT2D eigenvalue weighted by atomic mass is 10.1. The zero-order valence-corrected chi connectivity index (χ0v) is 16.1. The highest BCUT2D eigenvalue weighted by atomic mass is 32.2. The molecule has 3 rings (SSSR count). The number of para-hydroxylation sites is 1. The van der Waals surface area contributed by atoms with Gasteiger partial charge in [-0.15, -0.1) is 11.3 Å². The summed E-state index contributed by atoms with van der Waals surface area (Å²) in [6.07, 6.45) is 1.91. The van der Waals surface area contributed by atoms with Crippen LogP contribution in [0, 0.1) is 0 Å². The summed E-state index contributed by atoms with van der Waals surface area (Å²) in [4.78, 5) is 17.0. The fourth-order valence-electron chi connectivity index (χ4n) is 2.57. The fourth-order valence-corrected chi connectivity index (χ4v) is 4.79. The number of carbonyl (C=O) groups is 1. The van der Waals surface area contributed by atoms with Gasteiger partial charge in [-0.1, -0.05) is 54.2 Å². The molecule has 0 saturated heterocycles. The Bertz CT molecular complexity index is 799. The predicted molar refractivity (Wildman–Crippen MR) is 107 cm³/mol. The average Bonchev–Trinajstić information content (AvgIpc) is 3.03. The van der Waals surface area contributed by atoms with Crippen LogP contribution in [0.25, 0.3) is 10.2 Å². The molecule has 0 unspecified atom stereocenters. The van der Waals surface area contributed by atoms with Crippen LogP contribution in [0.4, 0.5) is 0 Å². The summed E-state index contributed by atoms with van der Waals surface area (Å²) in [6, 6.07) is 18.6. The number of hydrogen-bond acceptors (Lipinski definition) is 4. The van der Waals surface area contributed by atoms with Gasteiger partial charge in [0, 0.05) is 6.04 Å². The van der Waals surface area contributed by atoms with E-state index in [0.29, 0.717) is 0 Å². The molecule has 0 saturated carbocycles. The van der Waals surface area contributed by atoms with Gasteiger partial charge < -0.3 is 5.32 Å². The minimum Gasteiger partial charge on any atom is -0.353 e. The largest absolute Gasteiger partial charge is 0.353 e. The molecule has 0 bridgehead atoms. The van der Waals surface area contributed by atoms with Crippen LogP contribution in [0.2, 0.25) is 0 Å². The predicted octanol–water partition coefficient (Wildman–Crippen LogP) is 4.91. The van der Waals surface area contributed by atoms with Crippen molar-refractivity contribution in [2.24, 2.45) is 0 Å². The summed E-state index contributed by atoms with van der Waals surface area (Å²) >= 11 is 3.17. The molecule has 2 atom stereocenters. The van der Waals surface area contributed by atoms with E-state index in [4.69, 9.17) is 0 Å². The second-order valence-corrected chi connectivity index (χ2v) is 8.76. The van der Waals surface area contributed by atoms with E-state index in [9.17, 15) is 4.79 Å². The van der Waals surface area contributed by atoms with E-state index in [1.165, 1.54) is 17.3 Å². The maximum atomic E-state index is 12.4. The van der Waals surface area contributed by atoms with Gasteiger partial charge in [0.1, 0.15) is 0 Å². The highest BCUT2D eigenvalue weighted by Gasteiger charge is 2.18. The number of carbonyl (C=O) groups excluding carboxylic acids is 1. The maximum absolute atomic E-state index is 12.4. The van der Waals surface area contributed by atoms with Gasteiger partial charge >= 0.3 is 0 Å². The third kappa shape index (κ3) is 5.06. The van der Waals surface area contributed by atoms with Gasteiger partial charge in [-0.05, 0) is 44.4 Å². The number of fused-ring (bicyclic) bond motifs is 1. The van der Waals surface area contributed by atoms with Gasteiger partial charge in [0.05, 0.1) is 15.5 Å². The number of thiazole rings is 1. The van der Waals surface area contributed by atoms with Crippen molar-refractivity contribution in [2.75, 3.05) is 0 Å². The number of benzene rings is 2. The Morgan fingerprint density at radius 3 is 2.60 bits per heavy atom. The number of nitrogens with one attached hydrogen (secondary N) is 1. The molecule has 2 aromatic carbocycles. The van der Waals surface area contributed by atoms with Gasteiger partial charge in [-0.3, -0.25) is 4.79 Å². The van der Waals surface area contributed by atoms with Crippen molar-refractivity contribution in [1.82, 2.24) is 10.3 Å². The summed E-state index contributed by atoms with van der Waals surface area (Å²) in [5, 5.41) is 2.97. The first-order chi connectivity index (χ1) is 12.1. The number of hydrogen-bond donors (Lipinski definition) is 1. The molecular formula is C20H22N2OS2. The molecule has 0 fully saturated rings. The SMILES string of the molecule is C[C@H](CCc1ccccc1)NC(=O)[C@@H](C)Sc1nc2ccccc2s1. The topological polar surface area (TPSA) is 42.0 Å². The van der Waals surface area contributed by atoms with Gasteiger partial charge in [-0.25, -0.2) is 4.98 Å². The second kappa shape index (κ2) is 8.50. The lowest BCUT2D eigenvalue weighted by molar-refractivity contribution is -0.120. The number of aryl methyl sites for hydroxylation is 1. The van der Waals surface area contributed by atoms with Crippen LogP contribution in [-0.2, 0) is 11.2 Å². The Morgan fingerprint density at radius 2 is 1.84 bits per heavy atom. The quantitative estimate of drug-likeness (QED) is 0.601. The van der Waals surface area contributed by atoms with Crippen LogP contribution < -0.4 is 5.32 Å². The summed E-state index contributed by atoms with van der Waals surface area (Å²) in [5.41, 5.74) is 2.30.